The van der Waals surface area contributed by atoms with Gasteiger partial charge in [0.1, 0.15) is 10.5 Å². The largest absolute Gasteiger partial charge is 0.286 e. The van der Waals surface area contributed by atoms with Crippen LogP contribution in [0.4, 0.5) is 5.69 Å². The van der Waals surface area contributed by atoms with E-state index in [2.05, 4.69) is 18.4 Å². The zero-order chi connectivity index (χ0) is 13.9. The molecule has 0 aromatic heterocycles. The number of halogens is 1. The summed E-state index contributed by atoms with van der Waals surface area (Å²) in [6, 6.07) is 3.56. The minimum Gasteiger partial charge on any atom is -0.258 e. The van der Waals surface area contributed by atoms with Gasteiger partial charge in [0.2, 0.25) is 0 Å². The lowest BCUT2D eigenvalue weighted by Crippen LogP contribution is -2.00. The molecule has 0 atom stereocenters. The van der Waals surface area contributed by atoms with Gasteiger partial charge < -0.3 is 0 Å². The predicted molar refractivity (Wildman–Crippen MR) is 67.8 cm³/mol. The molecule has 0 spiro atoms. The van der Waals surface area contributed by atoms with Crippen molar-refractivity contribution in [3.8, 4) is 11.8 Å². The van der Waals surface area contributed by atoms with E-state index in [1.54, 1.807) is 6.92 Å². The van der Waals surface area contributed by atoms with Crippen LogP contribution in [0.15, 0.2) is 35.2 Å². The van der Waals surface area contributed by atoms with E-state index in [1.807, 2.05) is 0 Å². The molecule has 0 saturated heterocycles. The fraction of sp³-hybridized carbons (Fsp3) is 0.0909. The highest BCUT2D eigenvalue weighted by Gasteiger charge is 2.22. The van der Waals surface area contributed by atoms with Crippen molar-refractivity contribution in [2.45, 2.75) is 11.8 Å². The number of nitro groups is 1. The first-order valence-corrected chi connectivity index (χ1v) is 6.94. The summed E-state index contributed by atoms with van der Waals surface area (Å²) in [5.41, 5.74) is -0.197. The monoisotopic (exact) mass is 285 g/mol. The fourth-order valence-corrected chi connectivity index (χ4v) is 2.20. The van der Waals surface area contributed by atoms with Gasteiger partial charge in [0.15, 0.2) is 0 Å². The molecule has 94 valence electrons. The number of nitrogens with zero attached hydrogens (tertiary/aromatic N) is 1. The molecule has 0 aliphatic carbocycles. The molecule has 0 aliphatic rings. The second-order valence-electron chi connectivity index (χ2n) is 3.38. The number of hydrogen-bond acceptors (Lipinski definition) is 4. The van der Waals surface area contributed by atoms with E-state index in [9.17, 15) is 18.5 Å². The summed E-state index contributed by atoms with van der Waals surface area (Å²) in [6.45, 7) is 5.10. The SMILES string of the molecule is C=C(C)C#Cc1c([N+](=O)[O-])cccc1S(=O)(=O)Cl. The summed E-state index contributed by atoms with van der Waals surface area (Å²) in [5, 5.41) is 10.8. The van der Waals surface area contributed by atoms with Gasteiger partial charge in [-0.25, -0.2) is 8.42 Å². The van der Waals surface area contributed by atoms with Crippen molar-refractivity contribution in [3.63, 3.8) is 0 Å². The highest BCUT2D eigenvalue weighted by atomic mass is 35.7. The Morgan fingerprint density at radius 3 is 2.56 bits per heavy atom. The maximum atomic E-state index is 11.3. The van der Waals surface area contributed by atoms with Gasteiger partial charge in [0.05, 0.1) is 4.92 Å². The van der Waals surface area contributed by atoms with E-state index in [1.165, 1.54) is 6.07 Å². The minimum absolute atomic E-state index is 0.236. The highest BCUT2D eigenvalue weighted by Crippen LogP contribution is 2.27. The number of rotatable bonds is 2. The van der Waals surface area contributed by atoms with E-state index in [-0.39, 0.29) is 10.5 Å². The quantitative estimate of drug-likeness (QED) is 0.362. The van der Waals surface area contributed by atoms with Gasteiger partial charge in [-0.3, -0.25) is 10.1 Å². The third kappa shape index (κ3) is 3.32. The minimum atomic E-state index is -4.10. The summed E-state index contributed by atoms with van der Waals surface area (Å²) >= 11 is 0. The molecule has 7 heteroatoms. The molecule has 0 aliphatic heterocycles. The van der Waals surface area contributed by atoms with Crippen LogP contribution in [0.25, 0.3) is 0 Å². The second-order valence-corrected chi connectivity index (χ2v) is 5.91. The molecule has 0 radical (unpaired) electrons. The number of nitro benzene ring substituents is 1. The van der Waals surface area contributed by atoms with Crippen molar-refractivity contribution >= 4 is 25.4 Å². The number of hydrogen-bond donors (Lipinski definition) is 0. The molecule has 5 nitrogen and oxygen atoms in total. The van der Waals surface area contributed by atoms with Gasteiger partial charge in [0.25, 0.3) is 14.7 Å². The Balaban J connectivity index is 3.67. The van der Waals surface area contributed by atoms with Crippen molar-refractivity contribution in [2.24, 2.45) is 0 Å². The number of allylic oxidation sites excluding steroid dienone is 1. The Labute approximate surface area is 109 Å². The lowest BCUT2D eigenvalue weighted by atomic mass is 10.1. The van der Waals surface area contributed by atoms with Crippen LogP contribution in [-0.4, -0.2) is 13.3 Å². The highest BCUT2D eigenvalue weighted by molar-refractivity contribution is 8.13. The molecule has 0 unspecified atom stereocenters. The van der Waals surface area contributed by atoms with Gasteiger partial charge in [0, 0.05) is 16.7 Å². The summed E-state index contributed by atoms with van der Waals surface area (Å²) in [7, 11) is 1.11. The molecule has 0 heterocycles. The standard InChI is InChI=1S/C11H8ClNO4S/c1-8(2)6-7-9-10(13(14)15)4-3-5-11(9)18(12,16)17/h3-5H,1H2,2H3. The van der Waals surface area contributed by atoms with Crippen molar-refractivity contribution < 1.29 is 13.3 Å². The summed E-state index contributed by atoms with van der Waals surface area (Å²) in [6.07, 6.45) is 0. The topological polar surface area (TPSA) is 77.3 Å². The zero-order valence-electron chi connectivity index (χ0n) is 9.31. The lowest BCUT2D eigenvalue weighted by Gasteiger charge is -2.01. The van der Waals surface area contributed by atoms with Gasteiger partial charge in [-0.1, -0.05) is 24.5 Å². The molecule has 0 amide bonds. The Hall–Kier alpha value is -1.84. The first-order valence-electron chi connectivity index (χ1n) is 4.63. The maximum Gasteiger partial charge on any atom is 0.286 e. The number of benzene rings is 1. The van der Waals surface area contributed by atoms with Crippen LogP contribution >= 0.6 is 10.7 Å². The third-order valence-corrected chi connectivity index (χ3v) is 3.23. The molecule has 0 bridgehead atoms. The van der Waals surface area contributed by atoms with Crippen LogP contribution in [0.3, 0.4) is 0 Å². The molecular weight excluding hydrogens is 278 g/mol. The molecule has 1 aromatic carbocycles. The maximum absolute atomic E-state index is 11.3. The molecule has 1 rings (SSSR count). The Kier molecular flexibility index (Phi) is 4.11. The zero-order valence-corrected chi connectivity index (χ0v) is 10.9. The van der Waals surface area contributed by atoms with E-state index in [0.29, 0.717) is 5.57 Å². The van der Waals surface area contributed by atoms with Crippen LogP contribution in [0.5, 0.6) is 0 Å². The van der Waals surface area contributed by atoms with Gasteiger partial charge in [-0.05, 0) is 18.6 Å². The summed E-state index contributed by atoms with van der Waals surface area (Å²) < 4.78 is 22.7. The van der Waals surface area contributed by atoms with Crippen LogP contribution in [0.1, 0.15) is 12.5 Å². The van der Waals surface area contributed by atoms with E-state index >= 15 is 0 Å². The van der Waals surface area contributed by atoms with Crippen LogP contribution < -0.4 is 0 Å². The van der Waals surface area contributed by atoms with Crippen LogP contribution in [0, 0.1) is 22.0 Å². The van der Waals surface area contributed by atoms with Gasteiger partial charge >= 0.3 is 0 Å². The normalized spacial score (nSPS) is 10.3. The fourth-order valence-electron chi connectivity index (χ4n) is 1.17. The van der Waals surface area contributed by atoms with E-state index < -0.39 is 19.7 Å². The summed E-state index contributed by atoms with van der Waals surface area (Å²) in [5.74, 6) is 4.91. The third-order valence-electron chi connectivity index (χ3n) is 1.86. The van der Waals surface area contributed by atoms with Crippen molar-refractivity contribution in [1.82, 2.24) is 0 Å². The average molecular weight is 286 g/mol. The van der Waals surface area contributed by atoms with E-state index in [4.69, 9.17) is 10.7 Å². The van der Waals surface area contributed by atoms with Gasteiger partial charge in [-0.2, -0.15) is 0 Å². The van der Waals surface area contributed by atoms with Crippen LogP contribution in [0.2, 0.25) is 0 Å². The molecule has 0 saturated carbocycles. The molecule has 0 fully saturated rings. The summed E-state index contributed by atoms with van der Waals surface area (Å²) in [4.78, 5) is 9.73. The molecule has 1 aromatic rings. The Bertz CT molecular complexity index is 683. The Morgan fingerprint density at radius 1 is 1.50 bits per heavy atom. The first-order chi connectivity index (χ1) is 8.23. The smallest absolute Gasteiger partial charge is 0.258 e. The van der Waals surface area contributed by atoms with Crippen molar-refractivity contribution in [3.05, 3.63) is 46.0 Å². The van der Waals surface area contributed by atoms with Gasteiger partial charge in [-0.15, -0.1) is 0 Å². The van der Waals surface area contributed by atoms with Crippen molar-refractivity contribution in [1.29, 1.82) is 0 Å². The molecular formula is C11H8ClNO4S. The average Bonchev–Trinajstić information content (AvgIpc) is 2.24. The second kappa shape index (κ2) is 5.21. The molecule has 18 heavy (non-hydrogen) atoms. The van der Waals surface area contributed by atoms with E-state index in [0.717, 1.165) is 12.1 Å². The first kappa shape index (κ1) is 14.2. The lowest BCUT2D eigenvalue weighted by molar-refractivity contribution is -0.385. The Morgan fingerprint density at radius 2 is 2.11 bits per heavy atom. The van der Waals surface area contributed by atoms with Crippen LogP contribution in [-0.2, 0) is 9.05 Å². The predicted octanol–water partition coefficient (Wildman–Crippen LogP) is 2.45. The van der Waals surface area contributed by atoms with Crippen molar-refractivity contribution in [2.75, 3.05) is 0 Å². The molecule has 0 N–H and O–H groups in total.